The Morgan fingerprint density at radius 1 is 0.344 bits per heavy atom. The average molecular weight is 916 g/mol. The number of hydrogen-bond acceptors (Lipinski definition) is 14. The molecule has 20 nitrogen and oxygen atoms in total. The van der Waals surface area contributed by atoms with Crippen molar-refractivity contribution in [3.8, 4) is 0 Å². The molecule has 0 saturated heterocycles. The van der Waals surface area contributed by atoms with Gasteiger partial charge in [0, 0.05) is 39.9 Å². The molecule has 0 atom stereocenters. The van der Waals surface area contributed by atoms with Gasteiger partial charge < -0.3 is 70.2 Å². The van der Waals surface area contributed by atoms with Gasteiger partial charge >= 0.3 is 66.9 Å². The number of carboxylic acid groups (broad SMARTS) is 10. The van der Waals surface area contributed by atoms with Gasteiger partial charge in [-0.25, -0.2) is 28.8 Å². The molecule has 0 heterocycles. The van der Waals surface area contributed by atoms with Gasteiger partial charge in [0.25, 0.3) is 0 Å². The Balaban J connectivity index is -0.0000000481. The van der Waals surface area contributed by atoms with Crippen molar-refractivity contribution in [3.63, 3.8) is 0 Å². The Bertz CT molecular complexity index is 510. The van der Waals surface area contributed by atoms with Crippen LogP contribution in [0.25, 0.3) is 0 Å². The summed E-state index contributed by atoms with van der Waals surface area (Å²) in [6, 6.07) is 0. The first kappa shape index (κ1) is 47.0. The van der Waals surface area contributed by atoms with Crippen LogP contribution in [0.2, 0.25) is 0 Å². The van der Waals surface area contributed by atoms with E-state index in [-0.39, 0.29) is 71.1 Å². The molecule has 0 unspecified atom stereocenters. The van der Waals surface area contributed by atoms with Gasteiger partial charge in [-0.3, -0.25) is 0 Å². The quantitative estimate of drug-likeness (QED) is 0.123. The second-order valence-electron chi connectivity index (χ2n) is 2.98. The van der Waals surface area contributed by atoms with Crippen LogP contribution in [-0.2, 0) is 47.9 Å². The summed E-state index contributed by atoms with van der Waals surface area (Å²) in [5.74, 6) is -19.7. The summed E-state index contributed by atoms with van der Waals surface area (Å²) < 4.78 is 0. The van der Waals surface area contributed by atoms with Crippen LogP contribution in [0.1, 0.15) is 0 Å². The van der Waals surface area contributed by atoms with Crippen LogP contribution >= 0.6 is 0 Å². The second-order valence-corrected chi connectivity index (χ2v) is 2.98. The number of carboxylic acids is 10. The summed E-state index contributed by atoms with van der Waals surface area (Å²) in [6.45, 7) is 0. The van der Waals surface area contributed by atoms with Crippen molar-refractivity contribution in [1.29, 1.82) is 0 Å². The van der Waals surface area contributed by atoms with Gasteiger partial charge in [-0.2, -0.15) is 0 Å². The standard InChI is InChI=1S/5C2H2O4.Th.U/c5*3-1(4)2(5)6;;/h5*(H,3,4)(H,5,6);;/q;;;;;;+3/p-4. The molecule has 0 aliphatic rings. The molecular formula is C10H6O20ThU-. The molecule has 0 rings (SSSR count). The van der Waals surface area contributed by atoms with Crippen LogP contribution in [0, 0.1) is 71.1 Å². The van der Waals surface area contributed by atoms with E-state index in [9.17, 15) is 0 Å². The molecule has 0 saturated carbocycles. The Morgan fingerprint density at radius 2 is 0.406 bits per heavy atom. The molecule has 0 fully saturated rings. The van der Waals surface area contributed by atoms with Crippen molar-refractivity contribution in [1.82, 2.24) is 0 Å². The number of carbonyl (C=O) groups excluding carboxylic acids is 4. The Labute approximate surface area is 228 Å². The first-order valence-electron chi connectivity index (χ1n) is 5.45. The van der Waals surface area contributed by atoms with E-state index in [0.29, 0.717) is 0 Å². The molecule has 6 N–H and O–H groups in total. The van der Waals surface area contributed by atoms with E-state index < -0.39 is 59.7 Å². The van der Waals surface area contributed by atoms with E-state index in [4.69, 9.17) is 99.0 Å². The Kier molecular flexibility index (Phi) is 41.3. The number of rotatable bonds is 0. The molecular weight excluding hydrogens is 910 g/mol. The summed E-state index contributed by atoms with van der Waals surface area (Å²) >= 11 is 0. The smallest absolute Gasteiger partial charge is 0.543 e. The van der Waals surface area contributed by atoms with Crippen molar-refractivity contribution >= 4 is 59.7 Å². The second kappa shape index (κ2) is 28.1. The maximum atomic E-state index is 9.10. The van der Waals surface area contributed by atoms with Gasteiger partial charge in [-0.1, -0.05) is 0 Å². The third-order valence-corrected chi connectivity index (χ3v) is 0.882. The predicted molar refractivity (Wildman–Crippen MR) is 65.8 cm³/mol. The van der Waals surface area contributed by atoms with Gasteiger partial charge in [-0.05, 0) is 0 Å². The maximum Gasteiger partial charge on any atom is 3.00 e. The van der Waals surface area contributed by atoms with E-state index in [1.165, 1.54) is 0 Å². The van der Waals surface area contributed by atoms with Crippen molar-refractivity contribution in [2.75, 3.05) is 0 Å². The van der Waals surface area contributed by atoms with Crippen LogP contribution in [0.4, 0.5) is 0 Å². The van der Waals surface area contributed by atoms with Gasteiger partial charge in [-0.15, -0.1) is 0 Å². The van der Waals surface area contributed by atoms with E-state index >= 15 is 0 Å². The van der Waals surface area contributed by atoms with Crippen LogP contribution < -0.4 is 20.4 Å². The summed E-state index contributed by atoms with van der Waals surface area (Å²) in [4.78, 5) is 90.3. The summed E-state index contributed by atoms with van der Waals surface area (Å²) in [7, 11) is 0. The molecule has 0 amide bonds. The minimum atomic E-state index is -2.19. The zero-order chi connectivity index (χ0) is 25.8. The molecule has 0 spiro atoms. The summed E-state index contributed by atoms with van der Waals surface area (Å²) in [5, 5.41) is 80.1. The molecule has 0 aliphatic carbocycles. The molecule has 0 aromatic rings. The molecule has 22 heteroatoms. The average Bonchev–Trinajstić information content (AvgIpc) is 2.56. The van der Waals surface area contributed by atoms with Crippen molar-refractivity contribution in [2.45, 2.75) is 0 Å². The predicted octanol–water partition coefficient (Wildman–Crippen LogP) is -9.56. The summed E-state index contributed by atoms with van der Waals surface area (Å²) in [6.07, 6.45) is 0. The van der Waals surface area contributed by atoms with E-state index in [2.05, 4.69) is 0 Å². The van der Waals surface area contributed by atoms with E-state index in [1.807, 2.05) is 0 Å². The maximum absolute atomic E-state index is 9.10. The molecule has 175 valence electrons. The Morgan fingerprint density at radius 3 is 0.406 bits per heavy atom. The molecule has 0 bridgehead atoms. The largest absolute Gasteiger partial charge is 3.00 e. The van der Waals surface area contributed by atoms with Gasteiger partial charge in [0.15, 0.2) is 0 Å². The van der Waals surface area contributed by atoms with Crippen LogP contribution in [0.15, 0.2) is 0 Å². The van der Waals surface area contributed by atoms with Crippen LogP contribution in [-0.4, -0.2) is 90.3 Å². The minimum Gasteiger partial charge on any atom is -0.543 e. The fourth-order valence-electron chi connectivity index (χ4n) is 0. The number of carbonyl (C=O) groups is 10. The van der Waals surface area contributed by atoms with Gasteiger partial charge in [0.2, 0.25) is 0 Å². The topological polar surface area (TPSA) is 384 Å². The van der Waals surface area contributed by atoms with Crippen molar-refractivity contribution in [3.05, 3.63) is 0 Å². The molecule has 32 heavy (non-hydrogen) atoms. The number of aliphatic carboxylic acids is 10. The van der Waals surface area contributed by atoms with Gasteiger partial charge in [0.1, 0.15) is 0 Å². The molecule has 0 aromatic carbocycles. The van der Waals surface area contributed by atoms with Crippen LogP contribution in [0.3, 0.4) is 0 Å². The fraction of sp³-hybridized carbons (Fsp3) is 0. The van der Waals surface area contributed by atoms with E-state index in [1.54, 1.807) is 0 Å². The first-order chi connectivity index (χ1) is 13.2. The molecule has 1 radical (unpaired) electrons. The summed E-state index contributed by atoms with van der Waals surface area (Å²) in [5.41, 5.74) is 0. The van der Waals surface area contributed by atoms with Gasteiger partial charge in [0.05, 0.1) is 23.9 Å². The normalized spacial score (nSPS) is 6.88. The van der Waals surface area contributed by atoms with E-state index in [0.717, 1.165) is 0 Å². The minimum absolute atomic E-state index is 0. The molecule has 0 aliphatic heterocycles. The van der Waals surface area contributed by atoms with Crippen molar-refractivity contribution in [2.24, 2.45) is 0 Å². The fourth-order valence-corrected chi connectivity index (χ4v) is 0. The SMILES string of the molecule is O=C(O)C(=O)O.O=C(O)C(=O)O.O=C(O)C(=O)O.O=C([O-])C(=O)[O-].O=C([O-])C(=O)[O-].[Th].[U+3]. The Hall–Kier alpha value is -2.92. The first-order valence-corrected chi connectivity index (χ1v) is 5.45. The zero-order valence-corrected chi connectivity index (χ0v) is 22.7. The zero-order valence-electron chi connectivity index (χ0n) is 14.4. The van der Waals surface area contributed by atoms with Crippen molar-refractivity contribution < 1.29 is 170 Å². The third kappa shape index (κ3) is 63.1. The van der Waals surface area contributed by atoms with Crippen LogP contribution in [0.5, 0.6) is 0 Å². The third-order valence-electron chi connectivity index (χ3n) is 0.882. The molecule has 0 aromatic heterocycles. The number of hydrogen-bond donors (Lipinski definition) is 6. The monoisotopic (exact) mass is 916 g/mol.